The lowest BCUT2D eigenvalue weighted by molar-refractivity contribution is -0.204. The number of benzene rings is 1. The van der Waals surface area contributed by atoms with E-state index in [1.165, 1.54) is 68.9 Å². The molecule has 0 heterocycles. The van der Waals surface area contributed by atoms with Crippen molar-refractivity contribution in [1.29, 1.82) is 0 Å². The third-order valence-electron chi connectivity index (χ3n) is 14.4. The van der Waals surface area contributed by atoms with Crippen LogP contribution in [0.3, 0.4) is 0 Å². The van der Waals surface area contributed by atoms with Crippen molar-refractivity contribution in [3.05, 3.63) is 53.6 Å². The highest BCUT2D eigenvalue weighted by Gasteiger charge is 2.67. The van der Waals surface area contributed by atoms with Gasteiger partial charge in [0.1, 0.15) is 0 Å². The van der Waals surface area contributed by atoms with Crippen LogP contribution < -0.4 is 10.6 Å². The van der Waals surface area contributed by atoms with E-state index in [2.05, 4.69) is 64.8 Å². The van der Waals surface area contributed by atoms with E-state index in [9.17, 15) is 14.7 Å². The smallest absolute Gasteiger partial charge is 0.335 e. The quantitative estimate of drug-likeness (QED) is 0.168. The molecule has 3 N–H and O–H groups in total. The Morgan fingerprint density at radius 2 is 1.67 bits per heavy atom. The largest absolute Gasteiger partial charge is 0.478 e. The first-order valence-corrected chi connectivity index (χ1v) is 18.3. The van der Waals surface area contributed by atoms with E-state index in [4.69, 9.17) is 0 Å². The van der Waals surface area contributed by atoms with Crippen molar-refractivity contribution in [1.82, 2.24) is 10.6 Å². The van der Waals surface area contributed by atoms with Crippen LogP contribution in [0, 0.1) is 51.2 Å². The molecular weight excluding hydrogens is 568 g/mol. The molecule has 4 fully saturated rings. The van der Waals surface area contributed by atoms with Crippen molar-refractivity contribution in [2.45, 2.75) is 112 Å². The number of carbonyl (C=O) groups excluding carboxylic acids is 1. The Kier molecular flexibility index (Phi) is 10.1. The summed E-state index contributed by atoms with van der Waals surface area (Å²) in [6.07, 6.45) is 15.8. The van der Waals surface area contributed by atoms with Gasteiger partial charge in [0.15, 0.2) is 0 Å². The summed E-state index contributed by atoms with van der Waals surface area (Å²) in [5.74, 6) is 2.29. The highest BCUT2D eigenvalue weighted by atomic mass is 16.4. The van der Waals surface area contributed by atoms with E-state index in [-0.39, 0.29) is 11.3 Å². The predicted octanol–water partition coefficient (Wildman–Crippen LogP) is 9.15. The molecule has 0 aromatic heterocycles. The lowest BCUT2D eigenvalue weighted by Crippen LogP contribution is -2.63. The fourth-order valence-electron chi connectivity index (χ4n) is 11.8. The zero-order valence-electron chi connectivity index (χ0n) is 29.9. The maximum absolute atomic E-state index is 11.9. The molecule has 1 aromatic rings. The van der Waals surface area contributed by atoms with Gasteiger partial charge in [0.05, 0.1) is 5.56 Å². The molecule has 8 atom stereocenters. The number of nitrogens with one attached hydrogen (secondary N) is 2. The van der Waals surface area contributed by atoms with Crippen molar-refractivity contribution in [2.24, 2.45) is 51.2 Å². The van der Waals surface area contributed by atoms with Crippen molar-refractivity contribution >= 4 is 17.4 Å². The Labute approximate surface area is 279 Å². The summed E-state index contributed by atoms with van der Waals surface area (Å²) < 4.78 is 0. The minimum atomic E-state index is -0.871. The molecule has 4 saturated carbocycles. The van der Waals surface area contributed by atoms with E-state index in [0.717, 1.165) is 25.1 Å². The highest BCUT2D eigenvalue weighted by Crippen LogP contribution is 2.75. The molecule has 254 valence electrons. The standard InChI is InChI=1S/C41H62N2O3/c1-27(2)31(29-10-12-30(13-11-29)37(45)46)16-21-38(5)19-9-20-40(7)34(38)15-14-33-36-32(28(3)4)17-22-41(36,24-23-39(33,40)6)26-43-25-18-35(44)42-8/h10-13,16,27,32-34,36,43H,3,9,14-15,17-26H2,1-2,4-8H3,(H,42,44)(H,45,46). The van der Waals surface area contributed by atoms with Gasteiger partial charge in [0.2, 0.25) is 5.91 Å². The molecule has 5 heteroatoms. The zero-order chi connectivity index (χ0) is 33.5. The lowest BCUT2D eigenvalue weighted by atomic mass is 9.35. The Balaban J connectivity index is 1.41. The van der Waals surface area contributed by atoms with Gasteiger partial charge in [-0.3, -0.25) is 4.79 Å². The van der Waals surface area contributed by atoms with Gasteiger partial charge in [-0.05, 0) is 139 Å². The normalized spacial score (nSPS) is 37.3. The average molecular weight is 631 g/mol. The molecule has 1 aromatic carbocycles. The highest BCUT2D eigenvalue weighted by molar-refractivity contribution is 5.88. The second-order valence-corrected chi connectivity index (χ2v) is 17.0. The fourth-order valence-corrected chi connectivity index (χ4v) is 11.8. The maximum atomic E-state index is 11.9. The van der Waals surface area contributed by atoms with Crippen LogP contribution in [-0.2, 0) is 4.79 Å². The predicted molar refractivity (Wildman–Crippen MR) is 189 cm³/mol. The average Bonchev–Trinajstić information content (AvgIpc) is 3.40. The van der Waals surface area contributed by atoms with Crippen LogP contribution in [0.2, 0.25) is 0 Å². The Hall–Kier alpha value is -2.40. The van der Waals surface area contributed by atoms with E-state index < -0.39 is 5.97 Å². The van der Waals surface area contributed by atoms with Gasteiger partial charge in [-0.25, -0.2) is 4.79 Å². The van der Waals surface area contributed by atoms with Crippen LogP contribution in [-0.4, -0.2) is 37.1 Å². The van der Waals surface area contributed by atoms with Crippen LogP contribution in [0.1, 0.15) is 128 Å². The molecule has 0 aliphatic heterocycles. The van der Waals surface area contributed by atoms with Crippen LogP contribution in [0.4, 0.5) is 0 Å². The van der Waals surface area contributed by atoms with Crippen molar-refractivity contribution < 1.29 is 14.7 Å². The van der Waals surface area contributed by atoms with Gasteiger partial charge >= 0.3 is 5.97 Å². The van der Waals surface area contributed by atoms with Gasteiger partial charge in [-0.2, -0.15) is 0 Å². The van der Waals surface area contributed by atoms with Crippen molar-refractivity contribution in [2.75, 3.05) is 20.1 Å². The molecule has 0 radical (unpaired) electrons. The minimum absolute atomic E-state index is 0.113. The maximum Gasteiger partial charge on any atom is 0.335 e. The molecule has 4 aliphatic carbocycles. The molecule has 0 spiro atoms. The number of hydrogen-bond donors (Lipinski definition) is 3. The van der Waals surface area contributed by atoms with Crippen LogP contribution in [0.5, 0.6) is 0 Å². The van der Waals surface area contributed by atoms with Gasteiger partial charge in [0, 0.05) is 26.6 Å². The number of amides is 1. The first kappa shape index (κ1) is 34.9. The van der Waals surface area contributed by atoms with Crippen molar-refractivity contribution in [3.8, 4) is 0 Å². The summed E-state index contributed by atoms with van der Waals surface area (Å²) >= 11 is 0. The fraction of sp³-hybridized carbons (Fsp3) is 0.707. The summed E-state index contributed by atoms with van der Waals surface area (Å²) in [5, 5.41) is 15.9. The van der Waals surface area contributed by atoms with Gasteiger partial charge in [-0.1, -0.05) is 71.4 Å². The van der Waals surface area contributed by atoms with Gasteiger partial charge in [0.25, 0.3) is 0 Å². The number of fused-ring (bicyclic) bond motifs is 5. The van der Waals surface area contributed by atoms with Crippen LogP contribution in [0.15, 0.2) is 42.5 Å². The molecule has 0 saturated heterocycles. The molecule has 46 heavy (non-hydrogen) atoms. The number of carbonyl (C=O) groups is 2. The van der Waals surface area contributed by atoms with E-state index >= 15 is 0 Å². The monoisotopic (exact) mass is 630 g/mol. The summed E-state index contributed by atoms with van der Waals surface area (Å²) in [6.45, 7) is 21.1. The topological polar surface area (TPSA) is 78.4 Å². The molecule has 4 aliphatic rings. The minimum Gasteiger partial charge on any atom is -0.478 e. The zero-order valence-corrected chi connectivity index (χ0v) is 29.9. The third-order valence-corrected chi connectivity index (χ3v) is 14.4. The molecule has 0 bridgehead atoms. The van der Waals surface area contributed by atoms with E-state index in [1.807, 2.05) is 12.1 Å². The van der Waals surface area contributed by atoms with E-state index in [1.54, 1.807) is 19.2 Å². The van der Waals surface area contributed by atoms with Crippen molar-refractivity contribution in [3.63, 3.8) is 0 Å². The first-order valence-electron chi connectivity index (χ1n) is 18.3. The Morgan fingerprint density at radius 3 is 2.30 bits per heavy atom. The molecule has 8 unspecified atom stereocenters. The number of carboxylic acids is 1. The second-order valence-electron chi connectivity index (χ2n) is 17.0. The summed E-state index contributed by atoms with van der Waals surface area (Å²) in [6, 6.07) is 7.49. The SMILES string of the molecule is C=C(C)C1CCC2(CNCCC(=O)NC)CCC3(C)C(CCC4C(C)(CC=C(c5ccc(C(=O)O)cc5)C(C)C)CCCC43C)C12. The summed E-state index contributed by atoms with van der Waals surface area (Å²) in [5.41, 5.74) is 5.39. The second kappa shape index (κ2) is 13.2. The van der Waals surface area contributed by atoms with Crippen LogP contribution in [0.25, 0.3) is 5.57 Å². The summed E-state index contributed by atoms with van der Waals surface area (Å²) in [4.78, 5) is 23.4. The molecular formula is C41H62N2O3. The van der Waals surface area contributed by atoms with E-state index in [0.29, 0.717) is 57.8 Å². The number of allylic oxidation sites excluding steroid dienone is 3. The first-order chi connectivity index (χ1) is 21.7. The molecule has 1 amide bonds. The molecule has 5 rings (SSSR count). The molecule has 5 nitrogen and oxygen atoms in total. The summed E-state index contributed by atoms with van der Waals surface area (Å²) in [7, 11) is 1.72. The lowest BCUT2D eigenvalue weighted by Gasteiger charge is -2.70. The number of rotatable bonds is 11. The number of carboxylic acid groups (broad SMARTS) is 1. The Morgan fingerprint density at radius 1 is 0.978 bits per heavy atom. The van der Waals surface area contributed by atoms with Gasteiger partial charge in [-0.15, -0.1) is 0 Å². The van der Waals surface area contributed by atoms with Gasteiger partial charge < -0.3 is 15.7 Å². The Bertz CT molecular complexity index is 1330. The van der Waals surface area contributed by atoms with Crippen LogP contribution >= 0.6 is 0 Å². The number of aromatic carboxylic acids is 1. The number of hydrogen-bond acceptors (Lipinski definition) is 3. The third kappa shape index (κ3) is 6.03.